The van der Waals surface area contributed by atoms with Crippen LogP contribution in [0.15, 0.2) is 0 Å². The smallest absolute Gasteiger partial charge is 0.410 e. The van der Waals surface area contributed by atoms with E-state index < -0.39 is 17.7 Å². The van der Waals surface area contributed by atoms with Gasteiger partial charge < -0.3 is 9.47 Å². The summed E-state index contributed by atoms with van der Waals surface area (Å²) in [6.45, 7) is 5.79. The molecule has 0 N–H and O–H groups in total. The van der Waals surface area contributed by atoms with Gasteiger partial charge in [0.15, 0.2) is 6.07 Å². The number of ether oxygens (including phenoxy) is 2. The number of alkyl halides is 1. The Morgan fingerprint density at radius 2 is 1.94 bits per heavy atom. The van der Waals surface area contributed by atoms with Crippen molar-refractivity contribution in [3.8, 4) is 0 Å². The Bertz CT molecular complexity index is 310. The van der Waals surface area contributed by atoms with Crippen molar-refractivity contribution in [2.24, 2.45) is 5.92 Å². The highest BCUT2D eigenvalue weighted by Crippen LogP contribution is 2.30. The van der Waals surface area contributed by atoms with E-state index in [0.29, 0.717) is 12.5 Å². The Morgan fingerprint density at radius 3 is 2.39 bits per heavy atom. The fourth-order valence-corrected chi connectivity index (χ4v) is 1.53. The summed E-state index contributed by atoms with van der Waals surface area (Å²) in [7, 11) is 0. The molecule has 1 fully saturated rings. The lowest BCUT2D eigenvalue weighted by molar-refractivity contribution is -0.142. The summed E-state index contributed by atoms with van der Waals surface area (Å²) >= 11 is 5.31. The van der Waals surface area contributed by atoms with Crippen LogP contribution < -0.4 is 0 Å². The van der Waals surface area contributed by atoms with Crippen molar-refractivity contribution in [3.05, 3.63) is 0 Å². The average Bonchev–Trinajstić information content (AvgIpc) is 2.98. The fourth-order valence-electron chi connectivity index (χ4n) is 1.40. The van der Waals surface area contributed by atoms with Crippen LogP contribution in [0, 0.1) is 5.92 Å². The highest BCUT2D eigenvalue weighted by Gasteiger charge is 2.30. The molecule has 18 heavy (non-hydrogen) atoms. The molecule has 6 heteroatoms. The topological polar surface area (TPSA) is 55.8 Å². The lowest BCUT2D eigenvalue weighted by Gasteiger charge is -2.26. The maximum absolute atomic E-state index is 11.9. The molecule has 1 saturated carbocycles. The van der Waals surface area contributed by atoms with Gasteiger partial charge in [0.25, 0.3) is 0 Å². The number of rotatable bonds is 5. The number of amides is 1. The van der Waals surface area contributed by atoms with Crippen LogP contribution in [0.1, 0.15) is 33.6 Å². The Labute approximate surface area is 112 Å². The van der Waals surface area contributed by atoms with Gasteiger partial charge >= 0.3 is 12.1 Å². The van der Waals surface area contributed by atoms with Crippen LogP contribution in [0.3, 0.4) is 0 Å². The summed E-state index contributed by atoms with van der Waals surface area (Å²) in [5.41, 5.74) is -0.574. The van der Waals surface area contributed by atoms with Crippen molar-refractivity contribution in [3.63, 3.8) is 0 Å². The largest absolute Gasteiger partial charge is 0.448 e. The normalized spacial score (nSPS) is 15.1. The standard InChI is InChI=1S/C12H20ClNO4/c1-12(2,3)18-11(16)14(6-9-4-5-9)7-10(15)17-8-13/h9H,4-8H2,1-3H3. The van der Waals surface area contributed by atoms with Crippen LogP contribution in [-0.4, -0.2) is 41.7 Å². The van der Waals surface area contributed by atoms with Gasteiger partial charge in [0.1, 0.15) is 12.1 Å². The quantitative estimate of drug-likeness (QED) is 0.572. The second kappa shape index (κ2) is 6.27. The van der Waals surface area contributed by atoms with Crippen LogP contribution in [0.25, 0.3) is 0 Å². The number of carbonyl (C=O) groups excluding carboxylic acids is 2. The van der Waals surface area contributed by atoms with Crippen LogP contribution in [0.2, 0.25) is 0 Å². The Morgan fingerprint density at radius 1 is 1.33 bits per heavy atom. The van der Waals surface area contributed by atoms with E-state index in [1.54, 1.807) is 20.8 Å². The number of nitrogens with zero attached hydrogens (tertiary/aromatic N) is 1. The van der Waals surface area contributed by atoms with Gasteiger partial charge in [-0.3, -0.25) is 9.69 Å². The molecule has 1 rings (SSSR count). The minimum absolute atomic E-state index is 0.113. The summed E-state index contributed by atoms with van der Waals surface area (Å²) in [5.74, 6) is -0.0437. The predicted octanol–water partition coefficient (Wildman–Crippen LogP) is 2.37. The Kier molecular flexibility index (Phi) is 5.26. The highest BCUT2D eigenvalue weighted by molar-refractivity contribution is 6.17. The molecule has 0 aromatic carbocycles. The maximum Gasteiger partial charge on any atom is 0.410 e. The molecule has 0 bridgehead atoms. The van der Waals surface area contributed by atoms with E-state index in [4.69, 9.17) is 16.3 Å². The molecule has 0 atom stereocenters. The second-order valence-corrected chi connectivity index (χ2v) is 5.65. The van der Waals surface area contributed by atoms with E-state index in [1.807, 2.05) is 0 Å². The third-order valence-corrected chi connectivity index (χ3v) is 2.47. The minimum Gasteiger partial charge on any atom is -0.448 e. The van der Waals surface area contributed by atoms with Gasteiger partial charge in [-0.1, -0.05) is 11.6 Å². The first-order valence-corrected chi connectivity index (χ1v) is 6.55. The zero-order valence-electron chi connectivity index (χ0n) is 11.1. The molecule has 104 valence electrons. The molecule has 0 aliphatic heterocycles. The number of carbonyl (C=O) groups is 2. The molecule has 0 spiro atoms. The molecule has 0 saturated heterocycles. The lowest BCUT2D eigenvalue weighted by Crippen LogP contribution is -2.41. The van der Waals surface area contributed by atoms with Gasteiger partial charge in [-0.05, 0) is 39.5 Å². The molecular formula is C12H20ClNO4. The average molecular weight is 278 g/mol. The molecule has 0 unspecified atom stereocenters. The van der Waals surface area contributed by atoms with Gasteiger partial charge in [-0.25, -0.2) is 4.79 Å². The predicted molar refractivity (Wildman–Crippen MR) is 67.3 cm³/mol. The first-order chi connectivity index (χ1) is 8.31. The first-order valence-electron chi connectivity index (χ1n) is 6.01. The number of esters is 1. The van der Waals surface area contributed by atoms with E-state index in [-0.39, 0.29) is 12.6 Å². The Hall–Kier alpha value is -0.970. The summed E-state index contributed by atoms with van der Waals surface area (Å²) in [4.78, 5) is 24.7. The van der Waals surface area contributed by atoms with E-state index in [2.05, 4.69) is 4.74 Å². The van der Waals surface area contributed by atoms with Gasteiger partial charge in [0.2, 0.25) is 0 Å². The van der Waals surface area contributed by atoms with Crippen LogP contribution in [0.5, 0.6) is 0 Å². The molecule has 0 heterocycles. The number of halogens is 1. The zero-order chi connectivity index (χ0) is 13.8. The fraction of sp³-hybridized carbons (Fsp3) is 0.833. The lowest BCUT2D eigenvalue weighted by atomic mass is 10.2. The molecule has 1 aliphatic rings. The van der Waals surface area contributed by atoms with Crippen molar-refractivity contribution in [2.45, 2.75) is 39.2 Å². The molecule has 0 aromatic heterocycles. The van der Waals surface area contributed by atoms with Crippen molar-refractivity contribution < 1.29 is 19.1 Å². The van der Waals surface area contributed by atoms with Gasteiger partial charge in [0, 0.05) is 6.54 Å². The van der Waals surface area contributed by atoms with E-state index >= 15 is 0 Å². The minimum atomic E-state index is -0.574. The summed E-state index contributed by atoms with van der Waals surface area (Å²) in [5, 5.41) is 0. The number of hydrogen-bond donors (Lipinski definition) is 0. The molecule has 0 aromatic rings. The highest BCUT2D eigenvalue weighted by atomic mass is 35.5. The molecular weight excluding hydrogens is 258 g/mol. The van der Waals surface area contributed by atoms with Gasteiger partial charge in [0.05, 0.1) is 0 Å². The SMILES string of the molecule is CC(C)(C)OC(=O)N(CC(=O)OCCl)CC1CC1. The van der Waals surface area contributed by atoms with E-state index in [1.165, 1.54) is 4.90 Å². The van der Waals surface area contributed by atoms with Gasteiger partial charge in [-0.15, -0.1) is 0 Å². The molecule has 1 aliphatic carbocycles. The third kappa shape index (κ3) is 6.10. The summed E-state index contributed by atoms with van der Waals surface area (Å²) in [6, 6.07) is -0.204. The van der Waals surface area contributed by atoms with Gasteiger partial charge in [-0.2, -0.15) is 0 Å². The van der Waals surface area contributed by atoms with Crippen molar-refractivity contribution in [2.75, 3.05) is 19.2 Å². The van der Waals surface area contributed by atoms with Crippen LogP contribution in [-0.2, 0) is 14.3 Å². The van der Waals surface area contributed by atoms with Crippen molar-refractivity contribution in [1.29, 1.82) is 0 Å². The Balaban J connectivity index is 2.53. The molecule has 5 nitrogen and oxygen atoms in total. The van der Waals surface area contributed by atoms with Crippen LogP contribution >= 0.6 is 11.6 Å². The van der Waals surface area contributed by atoms with Crippen molar-refractivity contribution >= 4 is 23.7 Å². The van der Waals surface area contributed by atoms with E-state index in [0.717, 1.165) is 12.8 Å². The zero-order valence-corrected chi connectivity index (χ0v) is 11.8. The monoisotopic (exact) mass is 277 g/mol. The van der Waals surface area contributed by atoms with Crippen molar-refractivity contribution in [1.82, 2.24) is 4.90 Å². The molecule has 1 amide bonds. The number of hydrogen-bond acceptors (Lipinski definition) is 4. The maximum atomic E-state index is 11.9. The third-order valence-electron chi connectivity index (χ3n) is 2.36. The first kappa shape index (κ1) is 15.1. The summed E-state index contributed by atoms with van der Waals surface area (Å²) < 4.78 is 9.89. The second-order valence-electron chi connectivity index (χ2n) is 5.43. The van der Waals surface area contributed by atoms with E-state index in [9.17, 15) is 9.59 Å². The molecule has 0 radical (unpaired) electrons. The van der Waals surface area contributed by atoms with Crippen LogP contribution in [0.4, 0.5) is 4.79 Å². The summed E-state index contributed by atoms with van der Waals surface area (Å²) in [6.07, 6.45) is 1.69.